The summed E-state index contributed by atoms with van der Waals surface area (Å²) in [5, 5.41) is 9.18. The predicted molar refractivity (Wildman–Crippen MR) is 44.3 cm³/mol. The van der Waals surface area contributed by atoms with Gasteiger partial charge < -0.3 is 5.73 Å². The van der Waals surface area contributed by atoms with Crippen LogP contribution in [-0.4, -0.2) is 13.2 Å². The number of nitrogens with two attached hydrogens (primary N) is 1. The molecule has 0 spiro atoms. The van der Waals surface area contributed by atoms with E-state index >= 15 is 0 Å². The van der Waals surface area contributed by atoms with Gasteiger partial charge in [0.15, 0.2) is 0 Å². The third-order valence-electron chi connectivity index (χ3n) is 0.926. The molecule has 0 aromatic rings. The van der Waals surface area contributed by atoms with Crippen molar-refractivity contribution in [2.24, 2.45) is 5.73 Å². The first-order valence-corrected chi connectivity index (χ1v) is 3.72. The third kappa shape index (κ3) is 25.4. The van der Waals surface area contributed by atoms with Crippen LogP contribution in [0.15, 0.2) is 12.7 Å². The summed E-state index contributed by atoms with van der Waals surface area (Å²) in [6, 6.07) is 0. The molecule has 61 valence electrons. The van der Waals surface area contributed by atoms with E-state index in [0.29, 0.717) is 0 Å². The van der Waals surface area contributed by atoms with Gasteiger partial charge in [-0.25, -0.2) is 5.11 Å². The van der Waals surface area contributed by atoms with Crippen LogP contribution in [-0.2, 0) is 5.11 Å². The number of unbranched alkanes of at least 4 members (excludes halogenated alkanes) is 2. The average molecular weight is 144 g/mol. The first kappa shape index (κ1) is 12.3. The summed E-state index contributed by atoms with van der Waals surface area (Å²) >= 11 is 0. The van der Waals surface area contributed by atoms with Crippen LogP contribution in [0.2, 0.25) is 0 Å². The zero-order chi connectivity index (χ0) is 8.24. The first-order chi connectivity index (χ1) is 4.83. The quantitative estimate of drug-likeness (QED) is 0.474. The molecule has 0 heterocycles. The molecule has 0 amide bonds. The highest BCUT2D eigenvalue weighted by molar-refractivity contribution is 4.60. The van der Waals surface area contributed by atoms with Crippen LogP contribution in [0.1, 0.15) is 26.2 Å². The van der Waals surface area contributed by atoms with E-state index in [1.54, 1.807) is 0 Å². The Balaban J connectivity index is 0. The van der Waals surface area contributed by atoms with Gasteiger partial charge in [0.25, 0.3) is 0 Å². The minimum absolute atomic E-state index is 0.167. The molecule has 0 aliphatic carbocycles. The minimum Gasteiger partial charge on any atom is -0.330 e. The van der Waals surface area contributed by atoms with Crippen molar-refractivity contribution in [3.05, 3.63) is 12.7 Å². The van der Waals surface area contributed by atoms with Crippen LogP contribution in [0.25, 0.3) is 0 Å². The van der Waals surface area contributed by atoms with E-state index in [9.17, 15) is 5.11 Å². The van der Waals surface area contributed by atoms with E-state index in [2.05, 4.69) is 13.5 Å². The van der Waals surface area contributed by atoms with Gasteiger partial charge in [-0.15, -0.1) is 6.58 Å². The number of rotatable bonds is 4. The van der Waals surface area contributed by atoms with E-state index in [1.165, 1.54) is 25.3 Å². The second-order valence-electron chi connectivity index (χ2n) is 1.95. The van der Waals surface area contributed by atoms with Crippen molar-refractivity contribution in [2.75, 3.05) is 13.2 Å². The monoisotopic (exact) mass is 144 g/mol. The average Bonchev–Trinajstić information content (AvgIpc) is 2.01. The van der Waals surface area contributed by atoms with Gasteiger partial charge in [-0.05, 0) is 13.0 Å². The Bertz CT molecular complexity index is 51.2. The van der Waals surface area contributed by atoms with Crippen molar-refractivity contribution in [3.63, 3.8) is 0 Å². The van der Waals surface area contributed by atoms with Crippen molar-refractivity contribution in [1.29, 1.82) is 0 Å². The van der Waals surface area contributed by atoms with Crippen LogP contribution in [0.3, 0.4) is 0 Å². The first-order valence-electron chi connectivity index (χ1n) is 3.72. The highest BCUT2D eigenvalue weighted by Gasteiger charge is 1.75. The van der Waals surface area contributed by atoms with Crippen molar-refractivity contribution in [3.8, 4) is 0 Å². The summed E-state index contributed by atoms with van der Waals surface area (Å²) in [4.78, 5) is 0. The largest absolute Gasteiger partial charge is 0.330 e. The highest BCUT2D eigenvalue weighted by Crippen LogP contribution is 1.88. The molecule has 0 saturated heterocycles. The van der Waals surface area contributed by atoms with Crippen molar-refractivity contribution >= 4 is 0 Å². The van der Waals surface area contributed by atoms with Gasteiger partial charge in [0.1, 0.15) is 6.61 Å². The molecule has 0 fully saturated rings. The Morgan fingerprint density at radius 1 is 1.50 bits per heavy atom. The normalized spacial score (nSPS) is 7.90. The molecule has 2 nitrogen and oxygen atoms in total. The lowest BCUT2D eigenvalue weighted by molar-refractivity contribution is 0.232. The number of hydrogen-bond acceptors (Lipinski definition) is 1. The molecule has 2 heteroatoms. The predicted octanol–water partition coefficient (Wildman–Crippen LogP) is 1.74. The molecule has 0 unspecified atom stereocenters. The van der Waals surface area contributed by atoms with E-state index in [-0.39, 0.29) is 6.61 Å². The van der Waals surface area contributed by atoms with Gasteiger partial charge in [-0.3, -0.25) is 0 Å². The van der Waals surface area contributed by atoms with Gasteiger partial charge >= 0.3 is 0 Å². The summed E-state index contributed by atoms with van der Waals surface area (Å²) in [5.74, 6) is 0. The lowest BCUT2D eigenvalue weighted by atomic mass is 10.3. The lowest BCUT2D eigenvalue weighted by Gasteiger charge is -1.86. The van der Waals surface area contributed by atoms with E-state index in [4.69, 9.17) is 5.73 Å². The summed E-state index contributed by atoms with van der Waals surface area (Å²) in [6.45, 7) is 6.03. The zero-order valence-electron chi connectivity index (χ0n) is 6.81. The third-order valence-corrected chi connectivity index (χ3v) is 0.926. The Morgan fingerprint density at radius 2 is 2.00 bits per heavy atom. The maximum Gasteiger partial charge on any atom is 0.100 e. The summed E-state index contributed by atoms with van der Waals surface area (Å²) in [6.07, 6.45) is 5.07. The highest BCUT2D eigenvalue weighted by atomic mass is 16.2. The Kier molecular flexibility index (Phi) is 19.6. The molecule has 0 aromatic carbocycles. The van der Waals surface area contributed by atoms with Gasteiger partial charge in [-0.2, -0.15) is 0 Å². The minimum atomic E-state index is -0.167. The van der Waals surface area contributed by atoms with Gasteiger partial charge in [-0.1, -0.05) is 25.8 Å². The topological polar surface area (TPSA) is 45.9 Å². The van der Waals surface area contributed by atoms with Gasteiger partial charge in [0, 0.05) is 0 Å². The maximum atomic E-state index is 9.18. The Hall–Kier alpha value is -0.340. The summed E-state index contributed by atoms with van der Waals surface area (Å²) in [7, 11) is 0. The van der Waals surface area contributed by atoms with Crippen LogP contribution >= 0.6 is 0 Å². The molecular weight excluding hydrogens is 126 g/mol. The standard InChI is InChI=1S/C5H13N.C3H5O/c1-2-3-4-5-6;1-2-3-4/h2-6H2,1H3;2H,1,3H2. The van der Waals surface area contributed by atoms with Crippen molar-refractivity contribution in [1.82, 2.24) is 0 Å². The second kappa shape index (κ2) is 15.9. The van der Waals surface area contributed by atoms with Crippen molar-refractivity contribution < 1.29 is 5.11 Å². The zero-order valence-corrected chi connectivity index (χ0v) is 6.81. The molecule has 0 aliphatic heterocycles. The molecular formula is C8H18NO. The van der Waals surface area contributed by atoms with E-state index in [1.807, 2.05) is 0 Å². The fourth-order valence-corrected chi connectivity index (χ4v) is 0.394. The molecule has 0 bridgehead atoms. The molecule has 0 aromatic heterocycles. The SMILES string of the molecule is C=CC[O].CCCCCN. The van der Waals surface area contributed by atoms with Crippen LogP contribution in [0.4, 0.5) is 0 Å². The van der Waals surface area contributed by atoms with Crippen LogP contribution in [0, 0.1) is 0 Å². The fraction of sp³-hybridized carbons (Fsp3) is 0.750. The summed E-state index contributed by atoms with van der Waals surface area (Å²) in [5.41, 5.74) is 5.21. The molecule has 0 rings (SSSR count). The van der Waals surface area contributed by atoms with Crippen molar-refractivity contribution in [2.45, 2.75) is 26.2 Å². The smallest absolute Gasteiger partial charge is 0.100 e. The van der Waals surface area contributed by atoms with E-state index in [0.717, 1.165) is 6.54 Å². The van der Waals surface area contributed by atoms with Crippen LogP contribution in [0.5, 0.6) is 0 Å². The molecule has 2 N–H and O–H groups in total. The Labute approximate surface area is 63.7 Å². The molecule has 1 radical (unpaired) electrons. The number of hydrogen-bond donors (Lipinski definition) is 1. The molecule has 0 atom stereocenters. The molecule has 0 saturated carbocycles. The van der Waals surface area contributed by atoms with E-state index < -0.39 is 0 Å². The Morgan fingerprint density at radius 3 is 2.10 bits per heavy atom. The van der Waals surface area contributed by atoms with Gasteiger partial charge in [0.05, 0.1) is 0 Å². The van der Waals surface area contributed by atoms with Crippen LogP contribution < -0.4 is 5.73 Å². The molecule has 0 aliphatic rings. The molecule has 10 heavy (non-hydrogen) atoms. The van der Waals surface area contributed by atoms with Gasteiger partial charge in [0.2, 0.25) is 0 Å². The summed E-state index contributed by atoms with van der Waals surface area (Å²) < 4.78 is 0. The second-order valence-corrected chi connectivity index (χ2v) is 1.95. The fourth-order valence-electron chi connectivity index (χ4n) is 0.394. The lowest BCUT2D eigenvalue weighted by Crippen LogP contribution is -1.96. The maximum absolute atomic E-state index is 9.18.